The summed E-state index contributed by atoms with van der Waals surface area (Å²) in [5.74, 6) is 0.858. The second-order valence-electron chi connectivity index (χ2n) is 4.69. The van der Waals surface area contributed by atoms with Crippen LogP contribution in [-0.4, -0.2) is 11.6 Å². The van der Waals surface area contributed by atoms with Crippen molar-refractivity contribution in [3.8, 4) is 5.75 Å². The molecule has 0 saturated heterocycles. The lowest BCUT2D eigenvalue weighted by atomic mass is 10.1. The lowest BCUT2D eigenvalue weighted by Crippen LogP contribution is -2.28. The highest BCUT2D eigenvalue weighted by Gasteiger charge is 2.20. The highest BCUT2D eigenvalue weighted by molar-refractivity contribution is 7.18. The van der Waals surface area contributed by atoms with Crippen molar-refractivity contribution in [3.63, 3.8) is 0 Å². The molecule has 0 spiro atoms. The van der Waals surface area contributed by atoms with E-state index >= 15 is 0 Å². The van der Waals surface area contributed by atoms with Crippen molar-refractivity contribution in [2.75, 3.05) is 6.61 Å². The zero-order chi connectivity index (χ0) is 12.5. The summed E-state index contributed by atoms with van der Waals surface area (Å²) in [4.78, 5) is 4.61. The van der Waals surface area contributed by atoms with Gasteiger partial charge in [-0.15, -0.1) is 11.3 Å². The number of hydrogen-bond donors (Lipinski definition) is 1. The van der Waals surface area contributed by atoms with Crippen LogP contribution in [0, 0.1) is 0 Å². The van der Waals surface area contributed by atoms with Crippen LogP contribution in [0.25, 0.3) is 10.2 Å². The molecule has 92 valence electrons. The van der Waals surface area contributed by atoms with E-state index in [-0.39, 0.29) is 0 Å². The molecule has 0 bridgehead atoms. The minimum Gasteiger partial charge on any atom is -0.491 e. The maximum Gasteiger partial charge on any atom is 0.146 e. The molecule has 0 aliphatic heterocycles. The van der Waals surface area contributed by atoms with E-state index in [0.29, 0.717) is 0 Å². The predicted octanol–water partition coefficient (Wildman–Crippen LogP) is 3.28. The summed E-state index contributed by atoms with van der Waals surface area (Å²) in [6, 6.07) is 6.02. The summed E-state index contributed by atoms with van der Waals surface area (Å²) in [6.45, 7) is 6.75. The Balaban J connectivity index is 2.45. The van der Waals surface area contributed by atoms with E-state index in [1.165, 1.54) is 0 Å². The van der Waals surface area contributed by atoms with Gasteiger partial charge in [0.25, 0.3) is 0 Å². The first-order valence-electron chi connectivity index (χ1n) is 5.84. The van der Waals surface area contributed by atoms with Gasteiger partial charge in [0.05, 0.1) is 16.8 Å². The Kier molecular flexibility index (Phi) is 3.35. The van der Waals surface area contributed by atoms with E-state index < -0.39 is 5.54 Å². The highest BCUT2D eigenvalue weighted by atomic mass is 32.1. The molecule has 0 fully saturated rings. The van der Waals surface area contributed by atoms with Crippen molar-refractivity contribution in [3.05, 3.63) is 23.2 Å². The molecule has 0 unspecified atom stereocenters. The van der Waals surface area contributed by atoms with Crippen LogP contribution < -0.4 is 10.5 Å². The molecular weight excluding hydrogens is 232 g/mol. The Morgan fingerprint density at radius 2 is 2.18 bits per heavy atom. The first kappa shape index (κ1) is 12.3. The number of aromatic nitrogens is 1. The van der Waals surface area contributed by atoms with Crippen LogP contribution in [0.15, 0.2) is 18.2 Å². The molecule has 0 atom stereocenters. The minimum absolute atomic E-state index is 0.397. The van der Waals surface area contributed by atoms with Gasteiger partial charge in [0.2, 0.25) is 0 Å². The summed E-state index contributed by atoms with van der Waals surface area (Å²) in [6.07, 6.45) is 0.996. The molecule has 1 heterocycles. The Morgan fingerprint density at radius 1 is 1.41 bits per heavy atom. The van der Waals surface area contributed by atoms with Crippen molar-refractivity contribution in [1.82, 2.24) is 4.98 Å². The molecule has 1 aromatic heterocycles. The topological polar surface area (TPSA) is 48.1 Å². The van der Waals surface area contributed by atoms with E-state index in [1.807, 2.05) is 26.0 Å². The van der Waals surface area contributed by atoms with E-state index in [4.69, 9.17) is 10.5 Å². The average Bonchev–Trinajstić information content (AvgIpc) is 2.70. The molecule has 0 radical (unpaired) electrons. The fraction of sp³-hybridized carbons (Fsp3) is 0.462. The SMILES string of the molecule is CCCOc1cccc2sc(C(C)(C)N)nc12. The van der Waals surface area contributed by atoms with Crippen LogP contribution in [-0.2, 0) is 5.54 Å². The Hall–Kier alpha value is -1.13. The molecule has 3 nitrogen and oxygen atoms in total. The molecule has 2 aromatic rings. The smallest absolute Gasteiger partial charge is 0.146 e. The zero-order valence-corrected chi connectivity index (χ0v) is 11.3. The first-order chi connectivity index (χ1) is 8.02. The normalized spacial score (nSPS) is 12.0. The van der Waals surface area contributed by atoms with E-state index in [1.54, 1.807) is 11.3 Å². The van der Waals surface area contributed by atoms with Crippen LogP contribution >= 0.6 is 11.3 Å². The summed E-state index contributed by atoms with van der Waals surface area (Å²) in [5.41, 5.74) is 6.61. The van der Waals surface area contributed by atoms with Gasteiger partial charge in [-0.05, 0) is 32.4 Å². The van der Waals surface area contributed by atoms with Crippen LogP contribution in [0.4, 0.5) is 0 Å². The van der Waals surface area contributed by atoms with Gasteiger partial charge in [0.1, 0.15) is 16.3 Å². The Morgan fingerprint density at radius 3 is 2.82 bits per heavy atom. The summed E-state index contributed by atoms with van der Waals surface area (Å²) < 4.78 is 6.83. The van der Waals surface area contributed by atoms with Crippen molar-refractivity contribution in [2.24, 2.45) is 5.73 Å². The molecule has 0 aliphatic rings. The number of ether oxygens (including phenoxy) is 1. The van der Waals surface area contributed by atoms with Crippen LogP contribution in [0.1, 0.15) is 32.2 Å². The number of para-hydroxylation sites is 1. The summed E-state index contributed by atoms with van der Waals surface area (Å²) in [5, 5.41) is 0.944. The monoisotopic (exact) mass is 250 g/mol. The van der Waals surface area contributed by atoms with Crippen molar-refractivity contribution < 1.29 is 4.74 Å². The molecule has 17 heavy (non-hydrogen) atoms. The van der Waals surface area contributed by atoms with Crippen LogP contribution in [0.5, 0.6) is 5.75 Å². The van der Waals surface area contributed by atoms with E-state index in [0.717, 1.165) is 34.0 Å². The molecule has 2 N–H and O–H groups in total. The van der Waals surface area contributed by atoms with Gasteiger partial charge in [0, 0.05) is 0 Å². The lowest BCUT2D eigenvalue weighted by Gasteiger charge is -2.13. The second kappa shape index (κ2) is 4.63. The molecule has 1 aromatic carbocycles. The van der Waals surface area contributed by atoms with Crippen molar-refractivity contribution in [1.29, 1.82) is 0 Å². The van der Waals surface area contributed by atoms with Gasteiger partial charge in [-0.25, -0.2) is 4.98 Å². The number of thiazole rings is 1. The van der Waals surface area contributed by atoms with Crippen LogP contribution in [0.3, 0.4) is 0 Å². The molecule has 0 amide bonds. The predicted molar refractivity (Wildman–Crippen MR) is 72.6 cm³/mol. The number of benzene rings is 1. The van der Waals surface area contributed by atoms with Gasteiger partial charge in [-0.3, -0.25) is 0 Å². The maximum absolute atomic E-state index is 6.08. The second-order valence-corrected chi connectivity index (χ2v) is 5.72. The number of rotatable bonds is 4. The lowest BCUT2D eigenvalue weighted by molar-refractivity contribution is 0.320. The molecule has 0 saturated carbocycles. The third-order valence-electron chi connectivity index (χ3n) is 2.39. The number of hydrogen-bond acceptors (Lipinski definition) is 4. The summed E-state index contributed by atoms with van der Waals surface area (Å²) >= 11 is 1.64. The van der Waals surface area contributed by atoms with Gasteiger partial charge < -0.3 is 10.5 Å². The van der Waals surface area contributed by atoms with Crippen molar-refractivity contribution >= 4 is 21.6 Å². The fourth-order valence-corrected chi connectivity index (χ4v) is 2.53. The molecule has 2 rings (SSSR count). The van der Waals surface area contributed by atoms with Gasteiger partial charge in [-0.2, -0.15) is 0 Å². The third-order valence-corrected chi connectivity index (χ3v) is 3.75. The molecule has 4 heteroatoms. The average molecular weight is 250 g/mol. The largest absolute Gasteiger partial charge is 0.491 e. The van der Waals surface area contributed by atoms with Gasteiger partial charge >= 0.3 is 0 Å². The summed E-state index contributed by atoms with van der Waals surface area (Å²) in [7, 11) is 0. The first-order valence-corrected chi connectivity index (χ1v) is 6.65. The van der Waals surface area contributed by atoms with Gasteiger partial charge in [0.15, 0.2) is 0 Å². The number of fused-ring (bicyclic) bond motifs is 1. The van der Waals surface area contributed by atoms with Gasteiger partial charge in [-0.1, -0.05) is 13.0 Å². The fourth-order valence-electron chi connectivity index (χ4n) is 1.53. The van der Waals surface area contributed by atoms with Crippen LogP contribution in [0.2, 0.25) is 0 Å². The minimum atomic E-state index is -0.397. The standard InChI is InChI=1S/C13H18N2OS/c1-4-8-16-9-6-5-7-10-11(9)15-12(17-10)13(2,3)14/h5-7H,4,8,14H2,1-3H3. The highest BCUT2D eigenvalue weighted by Crippen LogP contribution is 2.33. The quantitative estimate of drug-likeness (QED) is 0.906. The number of nitrogens with two attached hydrogens (primary N) is 1. The Labute approximate surface area is 106 Å². The zero-order valence-electron chi connectivity index (χ0n) is 10.5. The third kappa shape index (κ3) is 2.58. The Bertz CT molecular complexity index is 514. The number of nitrogens with zero attached hydrogens (tertiary/aromatic N) is 1. The van der Waals surface area contributed by atoms with E-state index in [2.05, 4.69) is 18.0 Å². The maximum atomic E-state index is 6.08. The van der Waals surface area contributed by atoms with Crippen molar-refractivity contribution in [2.45, 2.75) is 32.7 Å². The molecular formula is C13H18N2OS. The van der Waals surface area contributed by atoms with E-state index in [9.17, 15) is 0 Å². The molecule has 0 aliphatic carbocycles.